The molecule has 2 aromatic heterocycles. The molecule has 9 nitrogen and oxygen atoms in total. The fourth-order valence-corrected chi connectivity index (χ4v) is 6.57. The molecule has 1 aliphatic heterocycles. The average Bonchev–Trinajstić information content (AvgIpc) is 3.56. The summed E-state index contributed by atoms with van der Waals surface area (Å²) in [4.78, 5) is 12.0. The summed E-state index contributed by atoms with van der Waals surface area (Å²) in [5.41, 5.74) is 4.30. The van der Waals surface area contributed by atoms with Crippen LogP contribution in [0, 0.1) is 0 Å². The minimum Gasteiger partial charge on any atom is -0.493 e. The minimum atomic E-state index is -0.348. The lowest BCUT2D eigenvalue weighted by Crippen LogP contribution is -2.15. The number of carbonyl (C=O) groups excluding carboxylic acids is 1. The Labute approximate surface area is 230 Å². The standard InChI is InChI=1S/C27H28ClN5O4S/c1-4-37-25(34)16-24-29-30-31-33(24)14-12-23-21-8-6-13-32(21)20-11-10-17(28)15-19(20)27(38-23)18-7-5-9-22(35-2)26(18)36-3/h5-11,13,15,23,27H,4,12,14,16H2,1-3H3/t23-,27-/m1/s1. The fraction of sp³-hybridized carbons (Fsp3) is 0.333. The molecule has 0 bridgehead atoms. The molecule has 0 amide bonds. The van der Waals surface area contributed by atoms with Gasteiger partial charge in [0.05, 0.1) is 31.8 Å². The van der Waals surface area contributed by atoms with E-state index < -0.39 is 0 Å². The van der Waals surface area contributed by atoms with Crippen molar-refractivity contribution in [2.45, 2.75) is 36.8 Å². The summed E-state index contributed by atoms with van der Waals surface area (Å²) in [7, 11) is 3.30. The summed E-state index contributed by atoms with van der Waals surface area (Å²) < 4.78 is 20.4. The number of tetrazole rings is 1. The second-order valence-corrected chi connectivity index (χ2v) is 10.4. The maximum atomic E-state index is 12.0. The first kappa shape index (κ1) is 26.1. The van der Waals surface area contributed by atoms with E-state index in [0.29, 0.717) is 35.5 Å². The Balaban J connectivity index is 1.53. The van der Waals surface area contributed by atoms with Crippen LogP contribution < -0.4 is 9.47 Å². The zero-order valence-corrected chi connectivity index (χ0v) is 22.9. The Kier molecular flexibility index (Phi) is 7.90. The summed E-state index contributed by atoms with van der Waals surface area (Å²) in [6.07, 6.45) is 2.83. The van der Waals surface area contributed by atoms with Crippen LogP contribution in [0.1, 0.15) is 46.5 Å². The molecule has 198 valence electrons. The van der Waals surface area contributed by atoms with E-state index in [1.807, 2.05) is 36.0 Å². The molecule has 0 unspecified atom stereocenters. The third-order valence-electron chi connectivity index (χ3n) is 6.47. The number of hydrogen-bond donors (Lipinski definition) is 0. The van der Waals surface area contributed by atoms with Crippen molar-refractivity contribution >= 4 is 29.3 Å². The van der Waals surface area contributed by atoms with Gasteiger partial charge < -0.3 is 18.8 Å². The van der Waals surface area contributed by atoms with Crippen molar-refractivity contribution in [3.63, 3.8) is 0 Å². The molecule has 0 saturated carbocycles. The number of carbonyl (C=O) groups is 1. The monoisotopic (exact) mass is 553 g/mol. The molecular weight excluding hydrogens is 526 g/mol. The lowest BCUT2D eigenvalue weighted by molar-refractivity contribution is -0.142. The van der Waals surface area contributed by atoms with E-state index in [1.54, 1.807) is 25.8 Å². The first-order valence-electron chi connectivity index (χ1n) is 12.3. The minimum absolute atomic E-state index is 0.0304. The molecule has 0 N–H and O–H groups in total. The molecule has 0 fully saturated rings. The number of aromatic nitrogens is 5. The van der Waals surface area contributed by atoms with Crippen molar-refractivity contribution in [3.8, 4) is 17.2 Å². The highest BCUT2D eigenvalue weighted by atomic mass is 35.5. The number of methoxy groups -OCH3 is 2. The van der Waals surface area contributed by atoms with Gasteiger partial charge >= 0.3 is 5.97 Å². The second-order valence-electron chi connectivity index (χ2n) is 8.68. The van der Waals surface area contributed by atoms with Gasteiger partial charge in [-0.2, -0.15) is 0 Å². The highest BCUT2D eigenvalue weighted by Crippen LogP contribution is 2.54. The Hall–Kier alpha value is -3.50. The lowest BCUT2D eigenvalue weighted by Gasteiger charge is -2.24. The molecule has 1 aliphatic rings. The van der Waals surface area contributed by atoms with Gasteiger partial charge in [-0.1, -0.05) is 23.7 Å². The number of fused-ring (bicyclic) bond motifs is 3. The Morgan fingerprint density at radius 1 is 1.11 bits per heavy atom. The number of aryl methyl sites for hydroxylation is 1. The first-order valence-corrected chi connectivity index (χ1v) is 13.6. The van der Waals surface area contributed by atoms with Gasteiger partial charge in [0.2, 0.25) is 0 Å². The molecule has 0 saturated heterocycles. The van der Waals surface area contributed by atoms with E-state index in [9.17, 15) is 4.79 Å². The van der Waals surface area contributed by atoms with Crippen LogP contribution in [-0.2, 0) is 22.5 Å². The Morgan fingerprint density at radius 3 is 2.76 bits per heavy atom. The molecule has 0 spiro atoms. The van der Waals surface area contributed by atoms with Gasteiger partial charge in [0.15, 0.2) is 17.3 Å². The van der Waals surface area contributed by atoms with Crippen LogP contribution in [0.3, 0.4) is 0 Å². The first-order chi connectivity index (χ1) is 18.5. The molecule has 2 atom stereocenters. The number of hydrogen-bond acceptors (Lipinski definition) is 8. The van der Waals surface area contributed by atoms with Gasteiger partial charge in [-0.05, 0) is 65.7 Å². The quantitative estimate of drug-likeness (QED) is 0.261. The van der Waals surface area contributed by atoms with Gasteiger partial charge in [-0.3, -0.25) is 4.79 Å². The van der Waals surface area contributed by atoms with Gasteiger partial charge in [-0.15, -0.1) is 16.9 Å². The third kappa shape index (κ3) is 5.10. The number of ether oxygens (including phenoxy) is 3. The van der Waals surface area contributed by atoms with E-state index >= 15 is 0 Å². The largest absolute Gasteiger partial charge is 0.493 e. The van der Waals surface area contributed by atoms with Crippen LogP contribution in [0.4, 0.5) is 0 Å². The van der Waals surface area contributed by atoms with Crippen molar-refractivity contribution in [3.05, 3.63) is 82.4 Å². The smallest absolute Gasteiger partial charge is 0.313 e. The molecule has 2 aromatic carbocycles. The van der Waals surface area contributed by atoms with Crippen molar-refractivity contribution in [2.75, 3.05) is 20.8 Å². The maximum absolute atomic E-state index is 12.0. The van der Waals surface area contributed by atoms with Crippen molar-refractivity contribution in [1.29, 1.82) is 0 Å². The molecule has 4 aromatic rings. The summed E-state index contributed by atoms with van der Waals surface area (Å²) in [5.74, 6) is 1.50. The number of esters is 1. The normalized spacial score (nSPS) is 16.3. The van der Waals surface area contributed by atoms with Crippen molar-refractivity contribution in [1.82, 2.24) is 24.8 Å². The van der Waals surface area contributed by atoms with Gasteiger partial charge in [0, 0.05) is 34.3 Å². The summed E-state index contributed by atoms with van der Waals surface area (Å²) >= 11 is 8.34. The third-order valence-corrected chi connectivity index (χ3v) is 8.30. The predicted octanol–water partition coefficient (Wildman–Crippen LogP) is 5.21. The second kappa shape index (κ2) is 11.5. The Bertz CT molecular complexity index is 1440. The van der Waals surface area contributed by atoms with Crippen LogP contribution in [0.2, 0.25) is 5.02 Å². The van der Waals surface area contributed by atoms with E-state index in [2.05, 4.69) is 50.6 Å². The highest BCUT2D eigenvalue weighted by Gasteiger charge is 2.33. The highest BCUT2D eigenvalue weighted by molar-refractivity contribution is 8.00. The zero-order valence-electron chi connectivity index (χ0n) is 21.3. The van der Waals surface area contributed by atoms with Crippen LogP contribution >= 0.6 is 23.4 Å². The number of halogens is 1. The SMILES string of the molecule is CCOC(=O)Cc1nnnn1CC[C@H]1S[C@H](c2cccc(OC)c2OC)c2cc(Cl)ccc2-n2cccc21. The molecule has 3 heterocycles. The van der Waals surface area contributed by atoms with Crippen LogP contribution in [0.15, 0.2) is 54.7 Å². The van der Waals surface area contributed by atoms with Gasteiger partial charge in [0.25, 0.3) is 0 Å². The number of para-hydroxylation sites is 1. The number of nitrogens with zero attached hydrogens (tertiary/aromatic N) is 5. The number of benzene rings is 2. The average molecular weight is 554 g/mol. The molecule has 0 radical (unpaired) electrons. The molecular formula is C27H28ClN5O4S. The Morgan fingerprint density at radius 2 is 1.97 bits per heavy atom. The van der Waals surface area contributed by atoms with Gasteiger partial charge in [0.1, 0.15) is 6.42 Å². The van der Waals surface area contributed by atoms with Gasteiger partial charge in [-0.25, -0.2) is 4.68 Å². The van der Waals surface area contributed by atoms with Crippen molar-refractivity contribution in [2.24, 2.45) is 0 Å². The summed E-state index contributed by atoms with van der Waals surface area (Å²) in [6, 6.07) is 16.1. The van der Waals surface area contributed by atoms with E-state index in [1.165, 1.54) is 0 Å². The van der Waals surface area contributed by atoms with E-state index in [4.69, 9.17) is 25.8 Å². The van der Waals surface area contributed by atoms with Crippen LogP contribution in [-0.4, -0.2) is 51.6 Å². The summed E-state index contributed by atoms with van der Waals surface area (Å²) in [6.45, 7) is 2.62. The number of thioether (sulfide) groups is 1. The van der Waals surface area contributed by atoms with E-state index in [0.717, 1.165) is 28.9 Å². The maximum Gasteiger partial charge on any atom is 0.313 e. The molecule has 5 rings (SSSR count). The van der Waals surface area contributed by atoms with Crippen LogP contribution in [0.5, 0.6) is 11.5 Å². The summed E-state index contributed by atoms with van der Waals surface area (Å²) in [5, 5.41) is 12.6. The molecule has 0 aliphatic carbocycles. The zero-order chi connectivity index (χ0) is 26.6. The topological polar surface area (TPSA) is 93.3 Å². The van der Waals surface area contributed by atoms with Crippen LogP contribution in [0.25, 0.3) is 5.69 Å². The molecule has 11 heteroatoms. The lowest BCUT2D eigenvalue weighted by atomic mass is 10.0. The number of rotatable bonds is 9. The molecule has 38 heavy (non-hydrogen) atoms. The van der Waals surface area contributed by atoms with Crippen molar-refractivity contribution < 1.29 is 19.0 Å². The fourth-order valence-electron chi connectivity index (χ4n) is 4.82. The van der Waals surface area contributed by atoms with E-state index in [-0.39, 0.29) is 22.9 Å². The predicted molar refractivity (Wildman–Crippen MR) is 145 cm³/mol.